The third-order valence-electron chi connectivity index (χ3n) is 1.85. The topological polar surface area (TPSA) is 26.0 Å². The molecule has 0 aliphatic rings. The highest BCUT2D eigenvalue weighted by Gasteiger charge is 2.01. The molecule has 1 nitrogen and oxygen atoms in total. The standard InChI is InChI=1S/C10H14IN/c1-7-5-10(11)4-3-9(7)6-8(2)12/h3-5,8H,6,12H2,1-2H3/t8-/m1/s1. The molecule has 2 N–H and O–H groups in total. The fraction of sp³-hybridized carbons (Fsp3) is 0.400. The zero-order valence-electron chi connectivity index (χ0n) is 7.47. The first kappa shape index (κ1) is 9.99. The molecule has 1 aromatic rings. The van der Waals surface area contributed by atoms with Crippen LogP contribution in [0.2, 0.25) is 0 Å². The van der Waals surface area contributed by atoms with Gasteiger partial charge in [-0.2, -0.15) is 0 Å². The van der Waals surface area contributed by atoms with Crippen molar-refractivity contribution in [3.05, 3.63) is 32.9 Å². The lowest BCUT2D eigenvalue weighted by Gasteiger charge is -2.08. The zero-order chi connectivity index (χ0) is 9.14. The van der Waals surface area contributed by atoms with Gasteiger partial charge in [0.25, 0.3) is 0 Å². The van der Waals surface area contributed by atoms with Gasteiger partial charge in [-0.1, -0.05) is 6.07 Å². The Bertz CT molecular complexity index is 269. The van der Waals surface area contributed by atoms with Crippen LogP contribution in [0.15, 0.2) is 18.2 Å². The number of halogens is 1. The molecule has 0 unspecified atom stereocenters. The van der Waals surface area contributed by atoms with E-state index in [1.54, 1.807) is 0 Å². The molecule has 0 amide bonds. The Kier molecular flexibility index (Phi) is 3.53. The highest BCUT2D eigenvalue weighted by molar-refractivity contribution is 14.1. The summed E-state index contributed by atoms with van der Waals surface area (Å²) >= 11 is 2.32. The molecule has 0 aliphatic heterocycles. The SMILES string of the molecule is Cc1cc(I)ccc1C[C@@H](C)N. The highest BCUT2D eigenvalue weighted by atomic mass is 127. The van der Waals surface area contributed by atoms with E-state index in [-0.39, 0.29) is 6.04 Å². The Labute approximate surface area is 87.5 Å². The van der Waals surface area contributed by atoms with E-state index in [1.165, 1.54) is 14.7 Å². The molecule has 0 fully saturated rings. The summed E-state index contributed by atoms with van der Waals surface area (Å²) in [6.07, 6.45) is 0.975. The van der Waals surface area contributed by atoms with Crippen LogP contribution in [0.5, 0.6) is 0 Å². The second-order valence-corrected chi connectivity index (χ2v) is 4.50. The predicted molar refractivity (Wildman–Crippen MR) is 61.2 cm³/mol. The van der Waals surface area contributed by atoms with Crippen molar-refractivity contribution in [1.29, 1.82) is 0 Å². The summed E-state index contributed by atoms with van der Waals surface area (Å²) in [5, 5.41) is 0. The monoisotopic (exact) mass is 275 g/mol. The third-order valence-corrected chi connectivity index (χ3v) is 2.52. The zero-order valence-corrected chi connectivity index (χ0v) is 9.63. The van der Waals surface area contributed by atoms with Crippen molar-refractivity contribution in [2.75, 3.05) is 0 Å². The van der Waals surface area contributed by atoms with E-state index in [0.29, 0.717) is 0 Å². The summed E-state index contributed by atoms with van der Waals surface area (Å²) in [4.78, 5) is 0. The number of hydrogen-bond acceptors (Lipinski definition) is 1. The second kappa shape index (κ2) is 4.23. The largest absolute Gasteiger partial charge is 0.328 e. The molecule has 0 saturated heterocycles. The first-order chi connectivity index (χ1) is 5.59. The molecule has 66 valence electrons. The molecule has 0 aliphatic carbocycles. The first-order valence-electron chi connectivity index (χ1n) is 4.10. The van der Waals surface area contributed by atoms with E-state index in [4.69, 9.17) is 5.73 Å². The Morgan fingerprint density at radius 3 is 2.67 bits per heavy atom. The molecule has 2 heteroatoms. The van der Waals surface area contributed by atoms with Crippen molar-refractivity contribution in [2.45, 2.75) is 26.3 Å². The van der Waals surface area contributed by atoms with Crippen molar-refractivity contribution in [3.8, 4) is 0 Å². The first-order valence-corrected chi connectivity index (χ1v) is 5.18. The average molecular weight is 275 g/mol. The van der Waals surface area contributed by atoms with Gasteiger partial charge in [-0.05, 0) is 66.1 Å². The van der Waals surface area contributed by atoms with E-state index < -0.39 is 0 Å². The maximum atomic E-state index is 5.73. The van der Waals surface area contributed by atoms with Crippen LogP contribution in [0.1, 0.15) is 18.1 Å². The van der Waals surface area contributed by atoms with Crippen LogP contribution in [0.3, 0.4) is 0 Å². The molecule has 0 aromatic heterocycles. The lowest BCUT2D eigenvalue weighted by Crippen LogP contribution is -2.18. The molecule has 0 saturated carbocycles. The highest BCUT2D eigenvalue weighted by Crippen LogP contribution is 2.13. The molecule has 12 heavy (non-hydrogen) atoms. The fourth-order valence-corrected chi connectivity index (χ4v) is 1.88. The molecular formula is C10H14IN. The predicted octanol–water partition coefficient (Wildman–Crippen LogP) is 2.49. The number of rotatable bonds is 2. The van der Waals surface area contributed by atoms with Gasteiger partial charge in [0.05, 0.1) is 0 Å². The van der Waals surface area contributed by atoms with Gasteiger partial charge in [0.2, 0.25) is 0 Å². The summed E-state index contributed by atoms with van der Waals surface area (Å²) in [6.45, 7) is 4.18. The summed E-state index contributed by atoms with van der Waals surface area (Å²) < 4.78 is 1.29. The van der Waals surface area contributed by atoms with Crippen LogP contribution in [-0.4, -0.2) is 6.04 Å². The third kappa shape index (κ3) is 2.75. The van der Waals surface area contributed by atoms with Crippen molar-refractivity contribution in [2.24, 2.45) is 5.73 Å². The maximum absolute atomic E-state index is 5.73. The minimum atomic E-state index is 0.253. The molecule has 1 rings (SSSR count). The van der Waals surface area contributed by atoms with Gasteiger partial charge >= 0.3 is 0 Å². The Morgan fingerprint density at radius 2 is 2.17 bits per heavy atom. The van der Waals surface area contributed by atoms with Gasteiger partial charge in [0.15, 0.2) is 0 Å². The smallest absolute Gasteiger partial charge is 0.0133 e. The van der Waals surface area contributed by atoms with Gasteiger partial charge in [0, 0.05) is 9.61 Å². The summed E-state index contributed by atoms with van der Waals surface area (Å²) in [7, 11) is 0. The van der Waals surface area contributed by atoms with E-state index in [1.807, 2.05) is 6.92 Å². The van der Waals surface area contributed by atoms with E-state index in [9.17, 15) is 0 Å². The summed E-state index contributed by atoms with van der Waals surface area (Å²) in [5.41, 5.74) is 8.44. The quantitative estimate of drug-likeness (QED) is 0.824. The summed E-state index contributed by atoms with van der Waals surface area (Å²) in [5.74, 6) is 0. The van der Waals surface area contributed by atoms with Gasteiger partial charge in [-0.3, -0.25) is 0 Å². The Morgan fingerprint density at radius 1 is 1.50 bits per heavy atom. The van der Waals surface area contributed by atoms with Crippen molar-refractivity contribution >= 4 is 22.6 Å². The normalized spacial score (nSPS) is 13.0. The minimum Gasteiger partial charge on any atom is -0.328 e. The van der Waals surface area contributed by atoms with E-state index >= 15 is 0 Å². The molecule has 1 atom stereocenters. The second-order valence-electron chi connectivity index (χ2n) is 3.25. The average Bonchev–Trinajstić information content (AvgIpc) is 1.94. The Hall–Kier alpha value is -0.0900. The van der Waals surface area contributed by atoms with E-state index in [0.717, 1.165) is 6.42 Å². The molecular weight excluding hydrogens is 261 g/mol. The molecule has 0 bridgehead atoms. The van der Waals surface area contributed by atoms with Crippen LogP contribution in [-0.2, 0) is 6.42 Å². The van der Waals surface area contributed by atoms with Crippen LogP contribution >= 0.6 is 22.6 Å². The number of nitrogens with two attached hydrogens (primary N) is 1. The number of aryl methyl sites for hydroxylation is 1. The molecule has 0 spiro atoms. The molecule has 0 radical (unpaired) electrons. The van der Waals surface area contributed by atoms with Crippen molar-refractivity contribution in [3.63, 3.8) is 0 Å². The van der Waals surface area contributed by atoms with Gasteiger partial charge in [0.1, 0.15) is 0 Å². The maximum Gasteiger partial charge on any atom is 0.0133 e. The lowest BCUT2D eigenvalue weighted by atomic mass is 10.0. The van der Waals surface area contributed by atoms with Gasteiger partial charge in [-0.25, -0.2) is 0 Å². The Balaban J connectivity index is 2.86. The van der Waals surface area contributed by atoms with Crippen molar-refractivity contribution < 1.29 is 0 Å². The van der Waals surface area contributed by atoms with Crippen LogP contribution < -0.4 is 5.73 Å². The van der Waals surface area contributed by atoms with Crippen LogP contribution in [0.4, 0.5) is 0 Å². The molecule has 1 aromatic carbocycles. The minimum absolute atomic E-state index is 0.253. The van der Waals surface area contributed by atoms with Gasteiger partial charge < -0.3 is 5.73 Å². The summed E-state index contributed by atoms with van der Waals surface area (Å²) in [6, 6.07) is 6.74. The fourth-order valence-electron chi connectivity index (χ4n) is 1.24. The molecule has 0 heterocycles. The number of hydrogen-bond donors (Lipinski definition) is 1. The van der Waals surface area contributed by atoms with Gasteiger partial charge in [-0.15, -0.1) is 0 Å². The van der Waals surface area contributed by atoms with Crippen molar-refractivity contribution in [1.82, 2.24) is 0 Å². The lowest BCUT2D eigenvalue weighted by molar-refractivity contribution is 0.734. The number of benzene rings is 1. The van der Waals surface area contributed by atoms with Crippen LogP contribution in [0, 0.1) is 10.5 Å². The van der Waals surface area contributed by atoms with Crippen LogP contribution in [0.25, 0.3) is 0 Å². The van der Waals surface area contributed by atoms with E-state index in [2.05, 4.69) is 47.7 Å².